The third-order valence-corrected chi connectivity index (χ3v) is 6.96. The maximum Gasteiger partial charge on any atom is 0.0908 e. The van der Waals surface area contributed by atoms with Gasteiger partial charge in [0.2, 0.25) is 0 Å². The first-order chi connectivity index (χ1) is 9.53. The quantitative estimate of drug-likeness (QED) is 0.823. The molecule has 1 spiro atoms. The van der Waals surface area contributed by atoms with E-state index in [1.807, 2.05) is 11.8 Å². The molecule has 4 heteroatoms. The molecule has 3 fully saturated rings. The fourth-order valence-corrected chi connectivity index (χ4v) is 5.57. The SMILES string of the molecule is CC1CCC(O)(C(O)C2CCOC3(CCSC3)C2)CC1. The zero-order valence-electron chi connectivity index (χ0n) is 12.5. The summed E-state index contributed by atoms with van der Waals surface area (Å²) in [5.74, 6) is 3.13. The van der Waals surface area contributed by atoms with Crippen molar-refractivity contribution in [1.29, 1.82) is 0 Å². The Hall–Kier alpha value is 0.230. The largest absolute Gasteiger partial charge is 0.390 e. The average Bonchev–Trinajstić information content (AvgIpc) is 2.89. The van der Waals surface area contributed by atoms with Gasteiger partial charge in [-0.2, -0.15) is 11.8 Å². The lowest BCUT2D eigenvalue weighted by molar-refractivity contribution is -0.162. The Balaban J connectivity index is 1.65. The molecule has 116 valence electrons. The van der Waals surface area contributed by atoms with E-state index in [9.17, 15) is 10.2 Å². The molecule has 0 aromatic heterocycles. The highest BCUT2D eigenvalue weighted by atomic mass is 32.2. The first-order valence-corrected chi connectivity index (χ1v) is 9.31. The molecule has 2 N–H and O–H groups in total. The van der Waals surface area contributed by atoms with Gasteiger partial charge < -0.3 is 14.9 Å². The normalized spacial score (nSPS) is 47.5. The van der Waals surface area contributed by atoms with E-state index >= 15 is 0 Å². The fraction of sp³-hybridized carbons (Fsp3) is 1.00. The molecule has 3 unspecified atom stereocenters. The van der Waals surface area contributed by atoms with E-state index in [-0.39, 0.29) is 11.5 Å². The third-order valence-electron chi connectivity index (χ3n) is 5.74. The van der Waals surface area contributed by atoms with E-state index in [1.54, 1.807) is 0 Å². The standard InChI is InChI=1S/C16H28O3S/c1-12-2-5-16(18,6-3-12)14(17)13-4-8-19-15(10-13)7-9-20-11-15/h12-14,17-18H,2-11H2,1H3. The summed E-state index contributed by atoms with van der Waals surface area (Å²) in [6, 6.07) is 0. The van der Waals surface area contributed by atoms with Crippen molar-refractivity contribution < 1.29 is 14.9 Å². The van der Waals surface area contributed by atoms with Crippen LogP contribution in [-0.4, -0.2) is 45.6 Å². The zero-order chi connectivity index (χ0) is 14.2. The highest BCUT2D eigenvalue weighted by Gasteiger charge is 2.48. The predicted octanol–water partition coefficient (Wildman–Crippen LogP) is 2.59. The number of hydrogen-bond acceptors (Lipinski definition) is 4. The van der Waals surface area contributed by atoms with Crippen LogP contribution in [0.5, 0.6) is 0 Å². The van der Waals surface area contributed by atoms with Crippen LogP contribution in [0.3, 0.4) is 0 Å². The topological polar surface area (TPSA) is 49.7 Å². The number of rotatable bonds is 2. The number of thioether (sulfide) groups is 1. The fourth-order valence-electron chi connectivity index (χ4n) is 4.19. The van der Waals surface area contributed by atoms with Gasteiger partial charge in [-0.25, -0.2) is 0 Å². The van der Waals surface area contributed by atoms with Crippen LogP contribution >= 0.6 is 11.8 Å². The van der Waals surface area contributed by atoms with Gasteiger partial charge in [-0.15, -0.1) is 0 Å². The Morgan fingerprint density at radius 1 is 1.20 bits per heavy atom. The second kappa shape index (κ2) is 5.79. The summed E-state index contributed by atoms with van der Waals surface area (Å²) in [5.41, 5.74) is -0.853. The molecule has 0 aromatic rings. The van der Waals surface area contributed by atoms with E-state index in [4.69, 9.17) is 4.74 Å². The second-order valence-corrected chi connectivity index (χ2v) is 8.42. The van der Waals surface area contributed by atoms with Crippen molar-refractivity contribution in [1.82, 2.24) is 0 Å². The van der Waals surface area contributed by atoms with Crippen molar-refractivity contribution in [2.45, 2.75) is 69.2 Å². The molecule has 2 saturated heterocycles. The van der Waals surface area contributed by atoms with Crippen molar-refractivity contribution in [2.24, 2.45) is 11.8 Å². The lowest BCUT2D eigenvalue weighted by Gasteiger charge is -2.46. The summed E-state index contributed by atoms with van der Waals surface area (Å²) in [6.45, 7) is 2.99. The molecule has 2 aliphatic heterocycles. The highest BCUT2D eigenvalue weighted by molar-refractivity contribution is 7.99. The van der Waals surface area contributed by atoms with E-state index in [0.717, 1.165) is 57.3 Å². The van der Waals surface area contributed by atoms with Crippen LogP contribution in [0.4, 0.5) is 0 Å². The van der Waals surface area contributed by atoms with Crippen LogP contribution < -0.4 is 0 Å². The molecule has 3 rings (SSSR count). The van der Waals surface area contributed by atoms with Gasteiger partial charge in [-0.1, -0.05) is 6.92 Å². The lowest BCUT2D eigenvalue weighted by Crippen LogP contribution is -2.53. The Morgan fingerprint density at radius 3 is 2.60 bits per heavy atom. The summed E-state index contributed by atoms with van der Waals surface area (Å²) in [5, 5.41) is 21.6. The predicted molar refractivity (Wildman–Crippen MR) is 81.9 cm³/mol. The van der Waals surface area contributed by atoms with Crippen molar-refractivity contribution in [3.05, 3.63) is 0 Å². The van der Waals surface area contributed by atoms with Gasteiger partial charge in [0.05, 0.1) is 17.3 Å². The van der Waals surface area contributed by atoms with Crippen molar-refractivity contribution in [2.75, 3.05) is 18.1 Å². The molecule has 3 atom stereocenters. The van der Waals surface area contributed by atoms with Crippen molar-refractivity contribution in [3.8, 4) is 0 Å². The van der Waals surface area contributed by atoms with Crippen LogP contribution in [0.15, 0.2) is 0 Å². The maximum absolute atomic E-state index is 10.8. The van der Waals surface area contributed by atoms with E-state index in [1.165, 1.54) is 5.75 Å². The molecular weight excluding hydrogens is 272 g/mol. The van der Waals surface area contributed by atoms with Gasteiger partial charge in [-0.3, -0.25) is 0 Å². The summed E-state index contributed by atoms with van der Waals surface area (Å²) in [6.07, 6.45) is 5.96. The zero-order valence-corrected chi connectivity index (χ0v) is 13.3. The summed E-state index contributed by atoms with van der Waals surface area (Å²) < 4.78 is 6.03. The molecule has 2 heterocycles. The van der Waals surface area contributed by atoms with Gasteiger partial charge in [0.15, 0.2) is 0 Å². The number of aliphatic hydroxyl groups excluding tert-OH is 1. The number of ether oxygens (including phenoxy) is 1. The molecule has 0 aromatic carbocycles. The van der Waals surface area contributed by atoms with Crippen molar-refractivity contribution in [3.63, 3.8) is 0 Å². The van der Waals surface area contributed by atoms with Crippen LogP contribution in [-0.2, 0) is 4.74 Å². The van der Waals surface area contributed by atoms with Crippen molar-refractivity contribution >= 4 is 11.8 Å². The lowest BCUT2D eigenvalue weighted by atomic mass is 9.70. The van der Waals surface area contributed by atoms with Crippen LogP contribution in [0.1, 0.15) is 51.9 Å². The third kappa shape index (κ3) is 2.90. The molecule has 3 aliphatic rings. The summed E-state index contributed by atoms with van der Waals surface area (Å²) >= 11 is 1.96. The van der Waals surface area contributed by atoms with Gasteiger partial charge in [-0.05, 0) is 62.5 Å². The summed E-state index contributed by atoms with van der Waals surface area (Å²) in [7, 11) is 0. The molecule has 0 radical (unpaired) electrons. The van der Waals surface area contributed by atoms with Gasteiger partial charge in [0.1, 0.15) is 0 Å². The van der Waals surface area contributed by atoms with Crippen LogP contribution in [0, 0.1) is 11.8 Å². The van der Waals surface area contributed by atoms with Crippen LogP contribution in [0.25, 0.3) is 0 Å². The minimum atomic E-state index is -0.846. The minimum absolute atomic E-state index is 0.00706. The average molecular weight is 300 g/mol. The first-order valence-electron chi connectivity index (χ1n) is 8.15. The molecule has 1 aliphatic carbocycles. The molecule has 3 nitrogen and oxygen atoms in total. The minimum Gasteiger partial charge on any atom is -0.390 e. The van der Waals surface area contributed by atoms with E-state index < -0.39 is 11.7 Å². The molecule has 1 saturated carbocycles. The Kier molecular flexibility index (Phi) is 4.38. The monoisotopic (exact) mass is 300 g/mol. The molecule has 20 heavy (non-hydrogen) atoms. The van der Waals surface area contributed by atoms with Gasteiger partial charge in [0.25, 0.3) is 0 Å². The number of hydrogen-bond donors (Lipinski definition) is 2. The van der Waals surface area contributed by atoms with E-state index in [0.29, 0.717) is 5.92 Å². The Bertz CT molecular complexity index is 333. The van der Waals surface area contributed by atoms with Gasteiger partial charge in [0, 0.05) is 12.4 Å². The Labute approximate surface area is 126 Å². The smallest absolute Gasteiger partial charge is 0.0908 e. The summed E-state index contributed by atoms with van der Waals surface area (Å²) in [4.78, 5) is 0. The maximum atomic E-state index is 10.8. The van der Waals surface area contributed by atoms with Gasteiger partial charge >= 0.3 is 0 Å². The highest BCUT2D eigenvalue weighted by Crippen LogP contribution is 2.45. The molecular formula is C16H28O3S. The molecule has 0 amide bonds. The number of aliphatic hydroxyl groups is 2. The first kappa shape index (κ1) is 15.1. The van der Waals surface area contributed by atoms with Crippen LogP contribution in [0.2, 0.25) is 0 Å². The van der Waals surface area contributed by atoms with E-state index in [2.05, 4.69) is 6.92 Å². The molecule has 0 bridgehead atoms. The Morgan fingerprint density at radius 2 is 1.95 bits per heavy atom. The second-order valence-electron chi connectivity index (χ2n) is 7.32.